The standard InChI is InChI=1S/C25H31N5O/c1-27-23-12-6-5-11-22(23)26-24(27)19-28-13-7-8-20(18-28)25(31)30-16-14-29(15-17-30)21-9-3-2-4-10-21/h2-6,9-12,20H,7-8,13-19H2,1H3/t20-/m0/s1. The van der Waals surface area contributed by atoms with Gasteiger partial charge in [-0.15, -0.1) is 0 Å². The molecule has 0 radical (unpaired) electrons. The van der Waals surface area contributed by atoms with E-state index < -0.39 is 0 Å². The molecular weight excluding hydrogens is 386 g/mol. The fourth-order valence-corrected chi connectivity index (χ4v) is 5.02. The van der Waals surface area contributed by atoms with Gasteiger partial charge in [-0.05, 0) is 43.7 Å². The maximum Gasteiger partial charge on any atom is 0.227 e. The zero-order chi connectivity index (χ0) is 21.2. The third-order valence-electron chi connectivity index (χ3n) is 6.81. The number of anilines is 1. The molecule has 1 atom stereocenters. The summed E-state index contributed by atoms with van der Waals surface area (Å²) in [6.45, 7) is 6.12. The van der Waals surface area contributed by atoms with E-state index in [-0.39, 0.29) is 5.92 Å². The SMILES string of the molecule is Cn1c(CN2CCC[C@H](C(=O)N3CCN(c4ccccc4)CC3)C2)nc2ccccc21. The summed E-state index contributed by atoms with van der Waals surface area (Å²) in [5.74, 6) is 1.51. The van der Waals surface area contributed by atoms with Crippen LogP contribution >= 0.6 is 0 Å². The number of hydrogen-bond donors (Lipinski definition) is 0. The van der Waals surface area contributed by atoms with Crippen LogP contribution in [0.5, 0.6) is 0 Å². The molecular formula is C25H31N5O. The highest BCUT2D eigenvalue weighted by Gasteiger charge is 2.31. The number of piperazine rings is 1. The Bertz CT molecular complexity index is 1040. The van der Waals surface area contributed by atoms with Crippen molar-refractivity contribution >= 4 is 22.6 Å². The van der Waals surface area contributed by atoms with Crippen molar-refractivity contribution in [3.05, 3.63) is 60.4 Å². The third kappa shape index (κ3) is 4.17. The summed E-state index contributed by atoms with van der Waals surface area (Å²) in [6.07, 6.45) is 2.07. The average Bonchev–Trinajstić information content (AvgIpc) is 3.15. The fraction of sp³-hybridized carbons (Fsp3) is 0.440. The van der Waals surface area contributed by atoms with Crippen LogP contribution in [0.2, 0.25) is 0 Å². The zero-order valence-corrected chi connectivity index (χ0v) is 18.3. The molecule has 5 rings (SSSR count). The number of likely N-dealkylation sites (tertiary alicyclic amines) is 1. The number of imidazole rings is 1. The predicted molar refractivity (Wildman–Crippen MR) is 124 cm³/mol. The minimum atomic E-state index is 0.103. The summed E-state index contributed by atoms with van der Waals surface area (Å²) < 4.78 is 2.18. The van der Waals surface area contributed by atoms with Gasteiger partial charge < -0.3 is 14.4 Å². The van der Waals surface area contributed by atoms with Crippen LogP contribution in [0.4, 0.5) is 5.69 Å². The molecule has 0 bridgehead atoms. The van der Waals surface area contributed by atoms with Gasteiger partial charge in [-0.25, -0.2) is 4.98 Å². The lowest BCUT2D eigenvalue weighted by Crippen LogP contribution is -2.52. The van der Waals surface area contributed by atoms with Gasteiger partial charge in [-0.1, -0.05) is 30.3 Å². The average molecular weight is 418 g/mol. The van der Waals surface area contributed by atoms with Crippen molar-refractivity contribution < 1.29 is 4.79 Å². The van der Waals surface area contributed by atoms with Crippen LogP contribution in [0.3, 0.4) is 0 Å². The summed E-state index contributed by atoms with van der Waals surface area (Å²) in [6, 6.07) is 18.8. The van der Waals surface area contributed by atoms with Gasteiger partial charge in [-0.2, -0.15) is 0 Å². The van der Waals surface area contributed by atoms with Crippen molar-refractivity contribution in [2.24, 2.45) is 13.0 Å². The number of piperidine rings is 1. The molecule has 0 aliphatic carbocycles. The molecule has 6 nitrogen and oxygen atoms in total. The summed E-state index contributed by atoms with van der Waals surface area (Å²) in [5, 5.41) is 0. The summed E-state index contributed by atoms with van der Waals surface area (Å²) in [5.41, 5.74) is 3.46. The predicted octanol–water partition coefficient (Wildman–Crippen LogP) is 3.13. The number of nitrogens with zero attached hydrogens (tertiary/aromatic N) is 5. The Morgan fingerprint density at radius 3 is 2.48 bits per heavy atom. The van der Waals surface area contributed by atoms with E-state index in [0.717, 1.165) is 70.0 Å². The first-order chi connectivity index (χ1) is 15.2. The summed E-state index contributed by atoms with van der Waals surface area (Å²) in [7, 11) is 2.09. The number of para-hydroxylation sites is 3. The van der Waals surface area contributed by atoms with Crippen molar-refractivity contribution in [1.82, 2.24) is 19.4 Å². The second-order valence-electron chi connectivity index (χ2n) is 8.80. The van der Waals surface area contributed by atoms with Crippen LogP contribution in [0.25, 0.3) is 11.0 Å². The lowest BCUT2D eigenvalue weighted by molar-refractivity contribution is -0.137. The maximum atomic E-state index is 13.3. The molecule has 2 aliphatic heterocycles. The Morgan fingerprint density at radius 2 is 1.71 bits per heavy atom. The van der Waals surface area contributed by atoms with Crippen molar-refractivity contribution in [2.75, 3.05) is 44.2 Å². The summed E-state index contributed by atoms with van der Waals surface area (Å²) in [4.78, 5) is 25.0. The smallest absolute Gasteiger partial charge is 0.227 e. The Balaban J connectivity index is 1.19. The van der Waals surface area contributed by atoms with E-state index in [4.69, 9.17) is 4.98 Å². The van der Waals surface area contributed by atoms with Crippen LogP contribution in [0.15, 0.2) is 54.6 Å². The number of carbonyl (C=O) groups is 1. The molecule has 1 amide bonds. The molecule has 2 aromatic carbocycles. The van der Waals surface area contributed by atoms with Gasteiger partial charge >= 0.3 is 0 Å². The Kier molecular flexibility index (Phi) is 5.64. The monoisotopic (exact) mass is 417 g/mol. The molecule has 0 spiro atoms. The molecule has 2 saturated heterocycles. The quantitative estimate of drug-likeness (QED) is 0.654. The molecule has 3 heterocycles. The molecule has 0 unspecified atom stereocenters. The van der Waals surface area contributed by atoms with Crippen molar-refractivity contribution in [3.63, 3.8) is 0 Å². The number of carbonyl (C=O) groups excluding carboxylic acids is 1. The topological polar surface area (TPSA) is 44.6 Å². The van der Waals surface area contributed by atoms with Gasteiger partial charge in [0.05, 0.1) is 23.5 Å². The normalized spacial score (nSPS) is 20.4. The maximum absolute atomic E-state index is 13.3. The molecule has 2 fully saturated rings. The Labute approximate surface area is 184 Å². The first-order valence-electron chi connectivity index (χ1n) is 11.4. The highest BCUT2D eigenvalue weighted by Crippen LogP contribution is 2.23. The number of benzene rings is 2. The van der Waals surface area contributed by atoms with Gasteiger partial charge in [0.15, 0.2) is 0 Å². The number of fused-ring (bicyclic) bond motifs is 1. The Morgan fingerprint density at radius 1 is 0.968 bits per heavy atom. The van der Waals surface area contributed by atoms with Crippen molar-refractivity contribution in [3.8, 4) is 0 Å². The van der Waals surface area contributed by atoms with E-state index in [1.165, 1.54) is 11.2 Å². The zero-order valence-electron chi connectivity index (χ0n) is 18.3. The summed E-state index contributed by atoms with van der Waals surface area (Å²) >= 11 is 0. The molecule has 2 aliphatic rings. The van der Waals surface area contributed by atoms with E-state index in [1.54, 1.807) is 0 Å². The van der Waals surface area contributed by atoms with E-state index in [9.17, 15) is 4.79 Å². The first-order valence-corrected chi connectivity index (χ1v) is 11.4. The van der Waals surface area contributed by atoms with Crippen LogP contribution in [-0.4, -0.2) is 64.5 Å². The molecule has 31 heavy (non-hydrogen) atoms. The third-order valence-corrected chi connectivity index (χ3v) is 6.81. The van der Waals surface area contributed by atoms with Gasteiger partial charge in [0.2, 0.25) is 5.91 Å². The van der Waals surface area contributed by atoms with Crippen molar-refractivity contribution in [2.45, 2.75) is 19.4 Å². The second kappa shape index (κ2) is 8.71. The van der Waals surface area contributed by atoms with Crippen LogP contribution < -0.4 is 4.90 Å². The van der Waals surface area contributed by atoms with Crippen molar-refractivity contribution in [1.29, 1.82) is 0 Å². The van der Waals surface area contributed by atoms with E-state index in [2.05, 4.69) is 68.8 Å². The van der Waals surface area contributed by atoms with Gasteiger partial charge in [0.1, 0.15) is 5.82 Å². The highest BCUT2D eigenvalue weighted by atomic mass is 16.2. The lowest BCUT2D eigenvalue weighted by Gasteiger charge is -2.39. The molecule has 162 valence electrons. The molecule has 0 saturated carbocycles. The Hall–Kier alpha value is -2.86. The number of amides is 1. The van der Waals surface area contributed by atoms with E-state index in [1.807, 2.05) is 12.1 Å². The minimum Gasteiger partial charge on any atom is -0.368 e. The molecule has 0 N–H and O–H groups in total. The molecule has 1 aromatic heterocycles. The van der Waals surface area contributed by atoms with Crippen LogP contribution in [0.1, 0.15) is 18.7 Å². The highest BCUT2D eigenvalue weighted by molar-refractivity contribution is 5.79. The van der Waals surface area contributed by atoms with E-state index >= 15 is 0 Å². The second-order valence-corrected chi connectivity index (χ2v) is 8.80. The fourth-order valence-electron chi connectivity index (χ4n) is 5.02. The molecule has 6 heteroatoms. The number of hydrogen-bond acceptors (Lipinski definition) is 4. The lowest BCUT2D eigenvalue weighted by atomic mass is 9.96. The minimum absolute atomic E-state index is 0.103. The van der Waals surface area contributed by atoms with Crippen LogP contribution in [0, 0.1) is 5.92 Å². The number of rotatable bonds is 4. The first kappa shape index (κ1) is 20.1. The molecule has 3 aromatic rings. The number of aryl methyl sites for hydroxylation is 1. The van der Waals surface area contributed by atoms with Gasteiger partial charge in [0.25, 0.3) is 0 Å². The van der Waals surface area contributed by atoms with Gasteiger partial charge in [-0.3, -0.25) is 9.69 Å². The van der Waals surface area contributed by atoms with Crippen LogP contribution in [-0.2, 0) is 18.4 Å². The van der Waals surface area contributed by atoms with E-state index in [0.29, 0.717) is 5.91 Å². The number of aromatic nitrogens is 2. The van der Waals surface area contributed by atoms with Gasteiger partial charge in [0, 0.05) is 45.5 Å². The largest absolute Gasteiger partial charge is 0.368 e.